The molecule has 1 aliphatic rings. The van der Waals surface area contributed by atoms with E-state index in [0.29, 0.717) is 31.2 Å². The molecule has 1 aromatic heterocycles. The fourth-order valence-corrected chi connectivity index (χ4v) is 4.80. The van der Waals surface area contributed by atoms with Gasteiger partial charge < -0.3 is 4.90 Å². The second-order valence-electron chi connectivity index (χ2n) is 5.97. The van der Waals surface area contributed by atoms with Gasteiger partial charge in [0.2, 0.25) is 10.0 Å². The third kappa shape index (κ3) is 4.83. The van der Waals surface area contributed by atoms with Crippen LogP contribution in [-0.4, -0.2) is 63.4 Å². The highest BCUT2D eigenvalue weighted by Crippen LogP contribution is 2.15. The number of sulfonamides is 1. The van der Waals surface area contributed by atoms with Crippen LogP contribution in [0.5, 0.6) is 0 Å². The molecular formula is C17H20ClN3O3S2. The molecule has 0 atom stereocenters. The summed E-state index contributed by atoms with van der Waals surface area (Å²) >= 11 is 7.30. The number of nitrogens with one attached hydrogen (secondary N) is 1. The van der Waals surface area contributed by atoms with Crippen molar-refractivity contribution in [2.45, 2.75) is 4.90 Å². The molecule has 1 fully saturated rings. The molecule has 140 valence electrons. The number of nitrogens with zero attached hydrogens (tertiary/aromatic N) is 2. The van der Waals surface area contributed by atoms with Crippen LogP contribution in [-0.2, 0) is 10.0 Å². The SMILES string of the molecule is O=C(c1cccs1)N1CCN(CCNS(=O)(=O)c2cccc(Cl)c2)CC1. The number of halogens is 1. The average Bonchev–Trinajstić information content (AvgIpc) is 3.16. The van der Waals surface area contributed by atoms with Crippen molar-refractivity contribution in [2.75, 3.05) is 39.3 Å². The molecule has 3 rings (SSSR count). The van der Waals surface area contributed by atoms with Crippen LogP contribution in [0.4, 0.5) is 0 Å². The van der Waals surface area contributed by atoms with E-state index in [4.69, 9.17) is 11.6 Å². The number of piperazine rings is 1. The minimum atomic E-state index is -3.56. The molecule has 9 heteroatoms. The summed E-state index contributed by atoms with van der Waals surface area (Å²) in [5, 5.41) is 2.29. The smallest absolute Gasteiger partial charge is 0.264 e. The lowest BCUT2D eigenvalue weighted by atomic mass is 10.3. The summed E-state index contributed by atoms with van der Waals surface area (Å²) < 4.78 is 27.1. The first-order valence-corrected chi connectivity index (χ1v) is 11.0. The number of rotatable bonds is 6. The van der Waals surface area contributed by atoms with Crippen molar-refractivity contribution >= 4 is 38.9 Å². The molecule has 1 aliphatic heterocycles. The molecular weight excluding hydrogens is 394 g/mol. The Hall–Kier alpha value is -1.45. The van der Waals surface area contributed by atoms with Crippen LogP contribution in [0, 0.1) is 0 Å². The van der Waals surface area contributed by atoms with Gasteiger partial charge >= 0.3 is 0 Å². The van der Waals surface area contributed by atoms with Crippen LogP contribution in [0.15, 0.2) is 46.7 Å². The van der Waals surface area contributed by atoms with Crippen LogP contribution in [0.25, 0.3) is 0 Å². The first-order valence-electron chi connectivity index (χ1n) is 8.26. The molecule has 1 saturated heterocycles. The molecule has 2 heterocycles. The van der Waals surface area contributed by atoms with Gasteiger partial charge in [-0.05, 0) is 29.6 Å². The maximum atomic E-state index is 12.3. The molecule has 0 spiro atoms. The summed E-state index contributed by atoms with van der Waals surface area (Å²) in [6.45, 7) is 3.68. The average molecular weight is 414 g/mol. The fraction of sp³-hybridized carbons (Fsp3) is 0.353. The molecule has 6 nitrogen and oxygen atoms in total. The van der Waals surface area contributed by atoms with Crippen molar-refractivity contribution < 1.29 is 13.2 Å². The van der Waals surface area contributed by atoms with Gasteiger partial charge in [0.25, 0.3) is 5.91 Å². The molecule has 0 aliphatic carbocycles. The predicted octanol–water partition coefficient (Wildman–Crippen LogP) is 2.14. The van der Waals surface area contributed by atoms with Gasteiger partial charge in [-0.3, -0.25) is 9.69 Å². The highest BCUT2D eigenvalue weighted by atomic mass is 35.5. The lowest BCUT2D eigenvalue weighted by Crippen LogP contribution is -2.50. The van der Waals surface area contributed by atoms with Crippen LogP contribution in [0.2, 0.25) is 5.02 Å². The summed E-state index contributed by atoms with van der Waals surface area (Å²) in [5.41, 5.74) is 0. The topological polar surface area (TPSA) is 69.7 Å². The maximum absolute atomic E-state index is 12.3. The maximum Gasteiger partial charge on any atom is 0.264 e. The molecule has 0 radical (unpaired) electrons. The Bertz CT molecular complexity index is 848. The first kappa shape index (κ1) is 19.3. The van der Waals surface area contributed by atoms with Crippen LogP contribution >= 0.6 is 22.9 Å². The van der Waals surface area contributed by atoms with E-state index >= 15 is 0 Å². The van der Waals surface area contributed by atoms with Gasteiger partial charge in [-0.1, -0.05) is 23.7 Å². The number of carbonyl (C=O) groups is 1. The van der Waals surface area contributed by atoms with Gasteiger partial charge in [0.15, 0.2) is 0 Å². The zero-order valence-electron chi connectivity index (χ0n) is 14.1. The van der Waals surface area contributed by atoms with Gasteiger partial charge in [0, 0.05) is 44.3 Å². The zero-order valence-corrected chi connectivity index (χ0v) is 16.5. The van der Waals surface area contributed by atoms with Crippen molar-refractivity contribution in [2.24, 2.45) is 0 Å². The van der Waals surface area contributed by atoms with E-state index in [1.54, 1.807) is 12.1 Å². The molecule has 2 aromatic rings. The van der Waals surface area contributed by atoms with Crippen LogP contribution < -0.4 is 4.72 Å². The lowest BCUT2D eigenvalue weighted by molar-refractivity contribution is 0.0645. The Balaban J connectivity index is 1.45. The lowest BCUT2D eigenvalue weighted by Gasteiger charge is -2.34. The highest BCUT2D eigenvalue weighted by molar-refractivity contribution is 7.89. The fourth-order valence-electron chi connectivity index (χ4n) is 2.79. The first-order chi connectivity index (χ1) is 12.5. The van der Waals surface area contributed by atoms with E-state index in [0.717, 1.165) is 18.0 Å². The molecule has 1 amide bonds. The number of hydrogen-bond acceptors (Lipinski definition) is 5. The summed E-state index contributed by atoms with van der Waals surface area (Å²) in [7, 11) is -3.56. The van der Waals surface area contributed by atoms with Crippen molar-refractivity contribution in [3.05, 3.63) is 51.7 Å². The van der Waals surface area contributed by atoms with Crippen molar-refractivity contribution in [3.8, 4) is 0 Å². The summed E-state index contributed by atoms with van der Waals surface area (Å²) in [5.74, 6) is 0.0707. The molecule has 0 bridgehead atoms. The molecule has 0 unspecified atom stereocenters. The Labute approximate surface area is 162 Å². The summed E-state index contributed by atoms with van der Waals surface area (Å²) in [6, 6.07) is 9.91. The summed E-state index contributed by atoms with van der Waals surface area (Å²) in [6.07, 6.45) is 0. The number of thiophene rings is 1. The van der Waals surface area contributed by atoms with Gasteiger partial charge in [0.1, 0.15) is 0 Å². The standard InChI is InChI=1S/C17H20ClN3O3S2/c18-14-3-1-4-15(13-14)26(23,24)19-6-7-20-8-10-21(11-9-20)17(22)16-5-2-12-25-16/h1-5,12-13,19H,6-11H2. The largest absolute Gasteiger partial charge is 0.335 e. The molecule has 26 heavy (non-hydrogen) atoms. The van der Waals surface area contributed by atoms with E-state index in [-0.39, 0.29) is 10.8 Å². The van der Waals surface area contributed by atoms with E-state index in [9.17, 15) is 13.2 Å². The van der Waals surface area contributed by atoms with Crippen LogP contribution in [0.1, 0.15) is 9.67 Å². The van der Waals surface area contributed by atoms with E-state index < -0.39 is 10.0 Å². The zero-order chi connectivity index (χ0) is 18.6. The van der Waals surface area contributed by atoms with E-state index in [2.05, 4.69) is 9.62 Å². The molecule has 0 saturated carbocycles. The Kier molecular flexibility index (Phi) is 6.31. The third-order valence-corrected chi connectivity index (χ3v) is 6.77. The normalized spacial score (nSPS) is 16.0. The van der Waals surface area contributed by atoms with E-state index in [1.165, 1.54) is 23.5 Å². The third-order valence-electron chi connectivity index (χ3n) is 4.22. The number of hydrogen-bond donors (Lipinski definition) is 1. The Morgan fingerprint density at radius 2 is 1.92 bits per heavy atom. The van der Waals surface area contributed by atoms with Gasteiger partial charge in [-0.15, -0.1) is 11.3 Å². The monoisotopic (exact) mass is 413 g/mol. The Morgan fingerprint density at radius 3 is 2.58 bits per heavy atom. The van der Waals surface area contributed by atoms with Crippen molar-refractivity contribution in [1.29, 1.82) is 0 Å². The van der Waals surface area contributed by atoms with Gasteiger partial charge in [0.05, 0.1) is 9.77 Å². The number of amides is 1. The number of benzene rings is 1. The van der Waals surface area contributed by atoms with Crippen molar-refractivity contribution in [1.82, 2.24) is 14.5 Å². The van der Waals surface area contributed by atoms with Gasteiger partial charge in [-0.2, -0.15) is 0 Å². The predicted molar refractivity (Wildman–Crippen MR) is 103 cm³/mol. The summed E-state index contributed by atoms with van der Waals surface area (Å²) in [4.78, 5) is 17.2. The van der Waals surface area contributed by atoms with Crippen molar-refractivity contribution in [3.63, 3.8) is 0 Å². The molecule has 1 N–H and O–H groups in total. The minimum absolute atomic E-state index is 0.0707. The minimum Gasteiger partial charge on any atom is -0.335 e. The second-order valence-corrected chi connectivity index (χ2v) is 9.12. The van der Waals surface area contributed by atoms with Gasteiger partial charge in [-0.25, -0.2) is 13.1 Å². The highest BCUT2D eigenvalue weighted by Gasteiger charge is 2.23. The van der Waals surface area contributed by atoms with E-state index in [1.807, 2.05) is 22.4 Å². The molecule has 1 aromatic carbocycles. The number of carbonyl (C=O) groups excluding carboxylic acids is 1. The second kappa shape index (κ2) is 8.49. The van der Waals surface area contributed by atoms with Crippen LogP contribution in [0.3, 0.4) is 0 Å². The quantitative estimate of drug-likeness (QED) is 0.787. The Morgan fingerprint density at radius 1 is 1.15 bits per heavy atom.